The van der Waals surface area contributed by atoms with E-state index in [0.29, 0.717) is 13.1 Å². The lowest BCUT2D eigenvalue weighted by Gasteiger charge is -2.26. The quantitative estimate of drug-likeness (QED) is 0.693. The topological polar surface area (TPSA) is 64.1 Å². The molecule has 0 aliphatic carbocycles. The van der Waals surface area contributed by atoms with E-state index in [1.165, 1.54) is 6.07 Å². The summed E-state index contributed by atoms with van der Waals surface area (Å²) in [5.74, 6) is -0.200. The standard InChI is InChI=1S/C13H22FN3/c1-13(2,9-17-8-12(16)7-15)10-4-3-5-11(14)6-10/h3-6,12,17H,7-9,15-16H2,1-2H3. The smallest absolute Gasteiger partial charge is 0.123 e. The van der Waals surface area contributed by atoms with Crippen molar-refractivity contribution in [2.45, 2.75) is 25.3 Å². The van der Waals surface area contributed by atoms with E-state index in [-0.39, 0.29) is 17.3 Å². The van der Waals surface area contributed by atoms with E-state index in [0.717, 1.165) is 12.1 Å². The van der Waals surface area contributed by atoms with Crippen LogP contribution in [0.5, 0.6) is 0 Å². The molecule has 0 spiro atoms. The van der Waals surface area contributed by atoms with E-state index in [2.05, 4.69) is 19.2 Å². The van der Waals surface area contributed by atoms with Gasteiger partial charge >= 0.3 is 0 Å². The average molecular weight is 239 g/mol. The van der Waals surface area contributed by atoms with Crippen molar-refractivity contribution in [2.24, 2.45) is 11.5 Å². The van der Waals surface area contributed by atoms with Crippen molar-refractivity contribution in [1.29, 1.82) is 0 Å². The number of rotatable bonds is 6. The van der Waals surface area contributed by atoms with E-state index < -0.39 is 0 Å². The molecule has 0 saturated carbocycles. The van der Waals surface area contributed by atoms with Gasteiger partial charge in [0.15, 0.2) is 0 Å². The van der Waals surface area contributed by atoms with E-state index >= 15 is 0 Å². The lowest BCUT2D eigenvalue weighted by atomic mass is 9.84. The first-order chi connectivity index (χ1) is 7.95. The van der Waals surface area contributed by atoms with Gasteiger partial charge in [0.2, 0.25) is 0 Å². The zero-order valence-electron chi connectivity index (χ0n) is 10.5. The van der Waals surface area contributed by atoms with Gasteiger partial charge in [-0.2, -0.15) is 0 Å². The number of hydrogen-bond acceptors (Lipinski definition) is 3. The van der Waals surface area contributed by atoms with Gasteiger partial charge in [0.05, 0.1) is 0 Å². The summed E-state index contributed by atoms with van der Waals surface area (Å²) in [6.07, 6.45) is 0. The molecule has 1 unspecified atom stereocenters. The second kappa shape index (κ2) is 6.10. The Labute approximate surface area is 102 Å². The molecule has 0 radical (unpaired) electrons. The molecule has 3 nitrogen and oxygen atoms in total. The van der Waals surface area contributed by atoms with Crippen molar-refractivity contribution in [2.75, 3.05) is 19.6 Å². The van der Waals surface area contributed by atoms with Crippen LogP contribution < -0.4 is 16.8 Å². The fourth-order valence-electron chi connectivity index (χ4n) is 1.66. The summed E-state index contributed by atoms with van der Waals surface area (Å²) < 4.78 is 13.1. The maximum absolute atomic E-state index is 13.1. The largest absolute Gasteiger partial charge is 0.329 e. The zero-order chi connectivity index (χ0) is 12.9. The molecule has 1 aromatic carbocycles. The Balaban J connectivity index is 2.56. The van der Waals surface area contributed by atoms with Gasteiger partial charge in [0, 0.05) is 31.1 Å². The van der Waals surface area contributed by atoms with Crippen LogP contribution in [0.1, 0.15) is 19.4 Å². The summed E-state index contributed by atoms with van der Waals surface area (Å²) in [6.45, 7) is 6.03. The molecule has 0 aliphatic heterocycles. The van der Waals surface area contributed by atoms with Crippen molar-refractivity contribution in [1.82, 2.24) is 5.32 Å². The molecule has 1 rings (SSSR count). The van der Waals surface area contributed by atoms with Crippen molar-refractivity contribution in [3.63, 3.8) is 0 Å². The van der Waals surface area contributed by atoms with Crippen LogP contribution in [0, 0.1) is 5.82 Å². The Bertz CT molecular complexity index is 352. The van der Waals surface area contributed by atoms with E-state index in [1.807, 2.05) is 6.07 Å². The minimum atomic E-state index is -0.200. The van der Waals surface area contributed by atoms with Gasteiger partial charge in [-0.1, -0.05) is 26.0 Å². The second-order valence-corrected chi connectivity index (χ2v) is 5.02. The van der Waals surface area contributed by atoms with E-state index in [1.54, 1.807) is 12.1 Å². The Hall–Kier alpha value is -0.970. The van der Waals surface area contributed by atoms with Gasteiger partial charge < -0.3 is 16.8 Å². The fraction of sp³-hybridized carbons (Fsp3) is 0.538. The molecule has 0 aliphatic rings. The summed E-state index contributed by atoms with van der Waals surface area (Å²) in [5, 5.41) is 3.27. The van der Waals surface area contributed by atoms with Gasteiger partial charge in [0.1, 0.15) is 5.82 Å². The molecule has 0 heterocycles. The zero-order valence-corrected chi connectivity index (χ0v) is 10.5. The molecule has 0 aromatic heterocycles. The maximum Gasteiger partial charge on any atom is 0.123 e. The first-order valence-electron chi connectivity index (χ1n) is 5.88. The molecule has 5 N–H and O–H groups in total. The SMILES string of the molecule is CC(C)(CNCC(N)CN)c1cccc(F)c1. The highest BCUT2D eigenvalue weighted by Gasteiger charge is 2.20. The minimum absolute atomic E-state index is 0.0293. The summed E-state index contributed by atoms with van der Waals surface area (Å²) in [7, 11) is 0. The molecule has 1 atom stereocenters. The number of nitrogens with two attached hydrogens (primary N) is 2. The summed E-state index contributed by atoms with van der Waals surface area (Å²) in [4.78, 5) is 0. The Kier molecular flexibility index (Phi) is 5.05. The third-order valence-electron chi connectivity index (χ3n) is 2.88. The molecule has 4 heteroatoms. The van der Waals surface area contributed by atoms with Crippen molar-refractivity contribution in [3.8, 4) is 0 Å². The van der Waals surface area contributed by atoms with Gasteiger partial charge in [-0.25, -0.2) is 4.39 Å². The van der Waals surface area contributed by atoms with Crippen LogP contribution >= 0.6 is 0 Å². The molecular weight excluding hydrogens is 217 g/mol. The predicted molar refractivity (Wildman–Crippen MR) is 69.3 cm³/mol. The van der Waals surface area contributed by atoms with E-state index in [9.17, 15) is 4.39 Å². The summed E-state index contributed by atoms with van der Waals surface area (Å²) in [6, 6.07) is 6.67. The highest BCUT2D eigenvalue weighted by atomic mass is 19.1. The van der Waals surface area contributed by atoms with Crippen LogP contribution in [-0.2, 0) is 5.41 Å². The third kappa shape index (κ3) is 4.42. The maximum atomic E-state index is 13.1. The lowest BCUT2D eigenvalue weighted by molar-refractivity contribution is 0.451. The second-order valence-electron chi connectivity index (χ2n) is 5.02. The van der Waals surface area contributed by atoms with Gasteiger partial charge in [-0.15, -0.1) is 0 Å². The van der Waals surface area contributed by atoms with Crippen LogP contribution in [0.3, 0.4) is 0 Å². The van der Waals surface area contributed by atoms with Crippen molar-refractivity contribution < 1.29 is 4.39 Å². The number of halogens is 1. The van der Waals surface area contributed by atoms with Crippen LogP contribution in [0.15, 0.2) is 24.3 Å². The van der Waals surface area contributed by atoms with Crippen LogP contribution in [0.4, 0.5) is 4.39 Å². The predicted octanol–water partition coefficient (Wildman–Crippen LogP) is 0.979. The Morgan fingerprint density at radius 2 is 2.12 bits per heavy atom. The number of hydrogen-bond donors (Lipinski definition) is 3. The first-order valence-corrected chi connectivity index (χ1v) is 5.88. The molecule has 0 fully saturated rings. The molecule has 96 valence electrons. The number of nitrogens with one attached hydrogen (secondary N) is 1. The average Bonchev–Trinajstić information content (AvgIpc) is 2.28. The highest BCUT2D eigenvalue weighted by Crippen LogP contribution is 2.22. The molecule has 1 aromatic rings. The molecule has 0 bridgehead atoms. The van der Waals surface area contributed by atoms with Crippen molar-refractivity contribution >= 4 is 0 Å². The van der Waals surface area contributed by atoms with Crippen molar-refractivity contribution in [3.05, 3.63) is 35.6 Å². The van der Waals surface area contributed by atoms with Crippen LogP contribution in [-0.4, -0.2) is 25.7 Å². The van der Waals surface area contributed by atoms with Gasteiger partial charge in [-0.3, -0.25) is 0 Å². The van der Waals surface area contributed by atoms with E-state index in [4.69, 9.17) is 11.5 Å². The monoisotopic (exact) mass is 239 g/mol. The fourth-order valence-corrected chi connectivity index (χ4v) is 1.66. The Morgan fingerprint density at radius 1 is 1.41 bits per heavy atom. The number of benzene rings is 1. The van der Waals surface area contributed by atoms with Gasteiger partial charge in [0.25, 0.3) is 0 Å². The van der Waals surface area contributed by atoms with Gasteiger partial charge in [-0.05, 0) is 17.7 Å². The van der Waals surface area contributed by atoms with Crippen LogP contribution in [0.2, 0.25) is 0 Å². The molecular formula is C13H22FN3. The molecule has 17 heavy (non-hydrogen) atoms. The first kappa shape index (κ1) is 14.1. The summed E-state index contributed by atoms with van der Waals surface area (Å²) in [5.41, 5.74) is 12.0. The van der Waals surface area contributed by atoms with Crippen LogP contribution in [0.25, 0.3) is 0 Å². The normalized spacial score (nSPS) is 13.7. The lowest BCUT2D eigenvalue weighted by Crippen LogP contribution is -2.43. The molecule has 0 saturated heterocycles. The minimum Gasteiger partial charge on any atom is -0.329 e. The summed E-state index contributed by atoms with van der Waals surface area (Å²) >= 11 is 0. The Morgan fingerprint density at radius 3 is 2.71 bits per heavy atom. The third-order valence-corrected chi connectivity index (χ3v) is 2.88. The highest BCUT2D eigenvalue weighted by molar-refractivity contribution is 5.24. The molecule has 0 amide bonds.